The number of hydrogen-bond acceptors (Lipinski definition) is 13. The van der Waals surface area contributed by atoms with Crippen LogP contribution in [0.1, 0.15) is 57.7 Å². The predicted octanol–water partition coefficient (Wildman–Crippen LogP) is 5.48. The Morgan fingerprint density at radius 3 is 2.39 bits per heavy atom. The van der Waals surface area contributed by atoms with Crippen molar-refractivity contribution in [2.75, 3.05) is 57.8 Å². The summed E-state index contributed by atoms with van der Waals surface area (Å²) in [6.45, 7) is 11.4. The van der Waals surface area contributed by atoms with Crippen molar-refractivity contribution < 1.29 is 33.4 Å². The predicted molar refractivity (Wildman–Crippen MR) is 266 cm³/mol. The number of carbonyl (C=O) groups excluding carboxylic acids is 4. The lowest BCUT2D eigenvalue weighted by Crippen LogP contribution is -2.57. The minimum Gasteiger partial charge on any atom is -0.496 e. The summed E-state index contributed by atoms with van der Waals surface area (Å²) in [6, 6.07) is 18.7. The van der Waals surface area contributed by atoms with Crippen LogP contribution in [0.3, 0.4) is 0 Å². The lowest BCUT2D eigenvalue weighted by Gasteiger charge is -2.35. The second-order valence-electron chi connectivity index (χ2n) is 18.9. The van der Waals surface area contributed by atoms with Crippen LogP contribution < -0.4 is 25.6 Å². The average Bonchev–Trinajstić information content (AvgIpc) is 4.10. The molecule has 3 aromatic carbocycles. The van der Waals surface area contributed by atoms with Crippen LogP contribution in [0, 0.1) is 18.2 Å². The molecule has 2 aliphatic heterocycles. The van der Waals surface area contributed by atoms with E-state index in [2.05, 4.69) is 50.9 Å². The first-order valence-corrected chi connectivity index (χ1v) is 24.5. The number of ether oxygens (including phenoxy) is 1. The number of methoxy groups -OCH3 is 1. The molecule has 0 unspecified atom stereocenters. The molecule has 0 saturated carbocycles. The molecular weight excluding hydrogens is 914 g/mol. The summed E-state index contributed by atoms with van der Waals surface area (Å²) in [4.78, 5) is 73.9. The van der Waals surface area contributed by atoms with E-state index in [0.717, 1.165) is 46.0 Å². The highest BCUT2D eigenvalue weighted by molar-refractivity contribution is 7.13. The van der Waals surface area contributed by atoms with Gasteiger partial charge < -0.3 is 35.6 Å². The van der Waals surface area contributed by atoms with Gasteiger partial charge in [-0.2, -0.15) is 5.10 Å². The molecule has 2 saturated heterocycles. The van der Waals surface area contributed by atoms with Gasteiger partial charge in [-0.25, -0.2) is 19.3 Å². The summed E-state index contributed by atoms with van der Waals surface area (Å²) in [7, 11) is 1.48. The molecule has 17 nitrogen and oxygen atoms in total. The van der Waals surface area contributed by atoms with Crippen LogP contribution in [0.4, 0.5) is 10.1 Å². The van der Waals surface area contributed by atoms with Crippen molar-refractivity contribution >= 4 is 51.7 Å². The van der Waals surface area contributed by atoms with Gasteiger partial charge in [0.25, 0.3) is 0 Å². The fourth-order valence-electron chi connectivity index (χ4n) is 8.93. The van der Waals surface area contributed by atoms with Gasteiger partial charge in [0, 0.05) is 69.9 Å². The molecule has 2 fully saturated rings. The fourth-order valence-corrected chi connectivity index (χ4v) is 9.74. The maximum Gasteiger partial charge on any atom is 0.246 e. The van der Waals surface area contributed by atoms with Crippen molar-refractivity contribution in [2.45, 2.75) is 78.1 Å². The number of fused-ring (bicyclic) bond motifs is 1. The molecule has 6 aromatic rings. The second-order valence-corrected chi connectivity index (χ2v) is 19.8. The number of likely N-dealkylation sites (tertiary alicyclic amines) is 1. The number of thiazole rings is 1. The number of unbranched alkanes of at least 4 members (excludes halogenated alkanes) is 1. The maximum atomic E-state index is 14.8. The van der Waals surface area contributed by atoms with E-state index in [1.807, 2.05) is 81.7 Å². The summed E-state index contributed by atoms with van der Waals surface area (Å²) in [6.07, 6.45) is 2.06. The standard InChI is InChI=1S/C51H60FN11O6S/c1-31-46(70-30-56-31)34-14-12-32(13-15-34)26-55-49(67)39-25-36(64)28-63(39)50(68)47(51(2,3)4)57-41(65)11-6-7-20-53-42(66)29-61-21-23-62(24-22-61)35-18-16-33(17-19-35)44-45-38(59-60-44)27-54-48(58-45)43-37(52)9-8-10-40(43)69-5/h8-10,12-19,27,30,36,39,47,64H,6-7,11,20-26,28-29H2,1-5H3,(H,53,66)(H,55,67)(H,57,65)(H,59,60)/t36-,39+,47-/m1/s1. The Hall–Kier alpha value is -6.83. The van der Waals surface area contributed by atoms with Gasteiger partial charge in [-0.05, 0) is 60.6 Å². The minimum atomic E-state index is -0.921. The summed E-state index contributed by atoms with van der Waals surface area (Å²) >= 11 is 1.57. The van der Waals surface area contributed by atoms with Crippen LogP contribution in [-0.2, 0) is 25.7 Å². The molecule has 0 bridgehead atoms. The van der Waals surface area contributed by atoms with Crippen LogP contribution in [0.5, 0.6) is 5.75 Å². The van der Waals surface area contributed by atoms with Crippen molar-refractivity contribution in [3.63, 3.8) is 0 Å². The number of amides is 4. The molecule has 19 heteroatoms. The number of aromatic amines is 1. The molecule has 5 heterocycles. The van der Waals surface area contributed by atoms with Gasteiger partial charge in [-0.15, -0.1) is 11.3 Å². The molecule has 3 aromatic heterocycles. The number of β-amino-alcohol motifs (C(OH)–C–C–N with tert-alkyl or cyclic N) is 1. The Morgan fingerprint density at radius 2 is 1.69 bits per heavy atom. The molecule has 0 radical (unpaired) electrons. The van der Waals surface area contributed by atoms with Crippen LogP contribution in [-0.4, -0.2) is 135 Å². The van der Waals surface area contributed by atoms with E-state index in [9.17, 15) is 28.7 Å². The van der Waals surface area contributed by atoms with Gasteiger partial charge >= 0.3 is 0 Å². The van der Waals surface area contributed by atoms with Crippen LogP contribution in [0.15, 0.2) is 78.4 Å². The number of piperazine rings is 1. The lowest BCUT2D eigenvalue weighted by atomic mass is 9.85. The van der Waals surface area contributed by atoms with Gasteiger partial charge in [-0.1, -0.05) is 63.2 Å². The fraction of sp³-hybridized carbons (Fsp3) is 0.412. The van der Waals surface area contributed by atoms with E-state index < -0.39 is 35.3 Å². The summed E-state index contributed by atoms with van der Waals surface area (Å²) < 4.78 is 20.2. The number of anilines is 1. The number of hydrogen-bond donors (Lipinski definition) is 5. The Bertz CT molecular complexity index is 2800. The highest BCUT2D eigenvalue weighted by atomic mass is 32.1. The number of rotatable bonds is 17. The topological polar surface area (TPSA) is 211 Å². The van der Waals surface area contributed by atoms with E-state index in [1.54, 1.807) is 29.7 Å². The van der Waals surface area contributed by atoms with Crippen molar-refractivity contribution in [2.24, 2.45) is 5.41 Å². The highest BCUT2D eigenvalue weighted by Crippen LogP contribution is 2.34. The van der Waals surface area contributed by atoms with E-state index in [1.165, 1.54) is 18.1 Å². The van der Waals surface area contributed by atoms with Crippen molar-refractivity contribution in [3.05, 3.63) is 95.5 Å². The lowest BCUT2D eigenvalue weighted by molar-refractivity contribution is -0.144. The number of aryl methyl sites for hydroxylation is 1. The number of aliphatic hydroxyl groups excluding tert-OH is 1. The summed E-state index contributed by atoms with van der Waals surface area (Å²) in [5.41, 5.74) is 7.92. The Labute approximate surface area is 410 Å². The third-order valence-electron chi connectivity index (χ3n) is 12.8. The first kappa shape index (κ1) is 49.6. The summed E-state index contributed by atoms with van der Waals surface area (Å²) in [5.74, 6) is -1.10. The largest absolute Gasteiger partial charge is 0.496 e. The SMILES string of the molecule is COc1cccc(F)c1-c1ncc2[nH]nc(-c3ccc(N4CCN(CC(=O)NCCCCC(=O)N[C@H](C(=O)N5C[C@H](O)C[C@H]5C(=O)NCc5ccc(-c6scnc6C)cc5)C(C)(C)C)CC4)cc3)c2n1. The van der Waals surface area contributed by atoms with Gasteiger partial charge in [-0.3, -0.25) is 29.2 Å². The number of halogens is 1. The molecule has 4 amide bonds. The normalized spacial score (nSPS) is 16.8. The van der Waals surface area contributed by atoms with Gasteiger partial charge in [0.05, 0.1) is 47.6 Å². The maximum absolute atomic E-state index is 14.8. The van der Waals surface area contributed by atoms with Gasteiger partial charge in [0.1, 0.15) is 40.4 Å². The van der Waals surface area contributed by atoms with Crippen molar-refractivity contribution in [1.29, 1.82) is 0 Å². The third kappa shape index (κ3) is 11.6. The molecule has 2 aliphatic rings. The van der Waals surface area contributed by atoms with Crippen LogP contribution >= 0.6 is 11.3 Å². The Kier molecular flexibility index (Phi) is 15.5. The van der Waals surface area contributed by atoms with Crippen molar-refractivity contribution in [3.8, 4) is 38.8 Å². The molecule has 0 aliphatic carbocycles. The molecule has 368 valence electrons. The smallest absolute Gasteiger partial charge is 0.246 e. The monoisotopic (exact) mass is 973 g/mol. The van der Waals surface area contributed by atoms with E-state index in [-0.39, 0.29) is 61.6 Å². The minimum absolute atomic E-state index is 0.00614. The number of nitrogens with one attached hydrogen (secondary N) is 4. The second kappa shape index (κ2) is 21.9. The van der Waals surface area contributed by atoms with Crippen LogP contribution in [0.25, 0.3) is 44.1 Å². The van der Waals surface area contributed by atoms with E-state index in [4.69, 9.17) is 4.74 Å². The third-order valence-corrected chi connectivity index (χ3v) is 13.8. The Morgan fingerprint density at radius 1 is 0.943 bits per heavy atom. The molecule has 3 atom stereocenters. The van der Waals surface area contributed by atoms with Gasteiger partial charge in [0.2, 0.25) is 23.6 Å². The zero-order valence-electron chi connectivity index (χ0n) is 40.1. The summed E-state index contributed by atoms with van der Waals surface area (Å²) in [5, 5.41) is 26.9. The number of carbonyl (C=O) groups is 4. The number of H-pyrrole nitrogens is 1. The molecule has 0 spiro atoms. The quantitative estimate of drug-likeness (QED) is 0.0720. The number of nitrogens with zero attached hydrogens (tertiary/aromatic N) is 7. The number of benzene rings is 3. The highest BCUT2D eigenvalue weighted by Gasteiger charge is 2.44. The van der Waals surface area contributed by atoms with Gasteiger partial charge in [0.15, 0.2) is 5.82 Å². The molecular formula is C51H60FN11O6S. The zero-order valence-corrected chi connectivity index (χ0v) is 40.9. The molecule has 5 N–H and O–H groups in total. The zero-order chi connectivity index (χ0) is 49.5. The number of aromatic nitrogens is 5. The first-order chi connectivity index (χ1) is 33.7. The average molecular weight is 974 g/mol. The molecule has 8 rings (SSSR count). The van der Waals surface area contributed by atoms with E-state index >= 15 is 0 Å². The first-order valence-electron chi connectivity index (χ1n) is 23.6. The van der Waals surface area contributed by atoms with Crippen LogP contribution in [0.2, 0.25) is 0 Å². The van der Waals surface area contributed by atoms with E-state index in [0.29, 0.717) is 55.0 Å². The molecule has 70 heavy (non-hydrogen) atoms. The Balaban J connectivity index is 0.748. The van der Waals surface area contributed by atoms with Crippen molar-refractivity contribution in [1.82, 2.24) is 50.9 Å². The number of aliphatic hydroxyl groups is 1.